The topological polar surface area (TPSA) is 38.1 Å². The molecule has 0 fully saturated rings. The number of benzene rings is 1. The minimum Gasteiger partial charge on any atom is -0.439 e. The van der Waals surface area contributed by atoms with Gasteiger partial charge >= 0.3 is 0 Å². The molecule has 2 rings (SSSR count). The summed E-state index contributed by atoms with van der Waals surface area (Å²) in [6, 6.07) is 5.11. The van der Waals surface area contributed by atoms with Crippen LogP contribution in [-0.4, -0.2) is 11.5 Å². The zero-order chi connectivity index (χ0) is 13.8. The molecule has 0 aliphatic heterocycles. The summed E-state index contributed by atoms with van der Waals surface area (Å²) < 4.78 is 19.5. The van der Waals surface area contributed by atoms with Crippen LogP contribution in [0.5, 0.6) is 0 Å². The van der Waals surface area contributed by atoms with Gasteiger partial charge in [-0.3, -0.25) is 0 Å². The Morgan fingerprint density at radius 2 is 2.21 bits per heavy atom. The lowest BCUT2D eigenvalue weighted by molar-refractivity contribution is 0.422. The number of nitrogens with zero attached hydrogens (tertiary/aromatic N) is 1. The molecule has 1 aromatic carbocycles. The van der Waals surface area contributed by atoms with E-state index in [1.165, 1.54) is 6.07 Å². The highest BCUT2D eigenvalue weighted by molar-refractivity contribution is 5.57. The first-order valence-electron chi connectivity index (χ1n) is 6.57. The number of hydrogen-bond acceptors (Lipinski definition) is 3. The van der Waals surface area contributed by atoms with E-state index in [4.69, 9.17) is 4.42 Å². The Labute approximate surface area is 112 Å². The number of oxazole rings is 1. The van der Waals surface area contributed by atoms with Crippen molar-refractivity contribution >= 4 is 0 Å². The molecule has 0 amide bonds. The lowest BCUT2D eigenvalue weighted by atomic mass is 10.1. The molecule has 0 saturated carbocycles. The molecule has 1 N–H and O–H groups in total. The minimum atomic E-state index is -0.281. The predicted octanol–water partition coefficient (Wildman–Crippen LogP) is 3.85. The summed E-state index contributed by atoms with van der Waals surface area (Å²) in [5.74, 6) is 0.776. The van der Waals surface area contributed by atoms with Crippen LogP contribution in [0.25, 0.3) is 11.3 Å². The highest BCUT2D eigenvalue weighted by Crippen LogP contribution is 2.26. The van der Waals surface area contributed by atoms with E-state index in [-0.39, 0.29) is 11.9 Å². The fourth-order valence-electron chi connectivity index (χ4n) is 1.88. The molecule has 1 atom stereocenters. The second-order valence-corrected chi connectivity index (χ2v) is 4.72. The average molecular weight is 262 g/mol. The predicted molar refractivity (Wildman–Crippen MR) is 73.3 cm³/mol. The Kier molecular flexibility index (Phi) is 4.32. The number of aromatic nitrogens is 1. The van der Waals surface area contributed by atoms with Crippen molar-refractivity contribution < 1.29 is 8.81 Å². The van der Waals surface area contributed by atoms with Crippen molar-refractivity contribution in [3.05, 3.63) is 41.7 Å². The van der Waals surface area contributed by atoms with Crippen molar-refractivity contribution in [1.29, 1.82) is 0 Å². The smallest absolute Gasteiger partial charge is 0.211 e. The number of rotatable bonds is 5. The number of aryl methyl sites for hydroxylation is 1. The first kappa shape index (κ1) is 13.7. The van der Waals surface area contributed by atoms with Gasteiger partial charge in [-0.15, -0.1) is 0 Å². The Bertz CT molecular complexity index is 551. The van der Waals surface area contributed by atoms with Crippen LogP contribution in [0.15, 0.2) is 28.8 Å². The lowest BCUT2D eigenvalue weighted by Crippen LogP contribution is -2.19. The maximum Gasteiger partial charge on any atom is 0.211 e. The molecule has 4 heteroatoms. The maximum atomic E-state index is 13.8. The van der Waals surface area contributed by atoms with Crippen molar-refractivity contribution in [2.45, 2.75) is 33.2 Å². The third-order valence-electron chi connectivity index (χ3n) is 2.98. The molecule has 1 unspecified atom stereocenters. The molecular weight excluding hydrogens is 243 g/mol. The molecule has 19 heavy (non-hydrogen) atoms. The van der Waals surface area contributed by atoms with Crippen LogP contribution in [0.1, 0.15) is 37.8 Å². The van der Waals surface area contributed by atoms with Gasteiger partial charge in [-0.05, 0) is 44.5 Å². The average Bonchev–Trinajstić information content (AvgIpc) is 2.85. The highest BCUT2D eigenvalue weighted by atomic mass is 19.1. The Morgan fingerprint density at radius 1 is 1.42 bits per heavy atom. The van der Waals surface area contributed by atoms with Crippen molar-refractivity contribution in [2.75, 3.05) is 6.54 Å². The van der Waals surface area contributed by atoms with E-state index in [0.29, 0.717) is 17.2 Å². The summed E-state index contributed by atoms with van der Waals surface area (Å²) in [4.78, 5) is 4.21. The number of halogens is 1. The minimum absolute atomic E-state index is 0.0298. The first-order valence-corrected chi connectivity index (χ1v) is 6.57. The quantitative estimate of drug-likeness (QED) is 0.889. The van der Waals surface area contributed by atoms with E-state index < -0.39 is 0 Å². The van der Waals surface area contributed by atoms with Crippen LogP contribution >= 0.6 is 0 Å². The highest BCUT2D eigenvalue weighted by Gasteiger charge is 2.14. The second-order valence-electron chi connectivity index (χ2n) is 4.72. The molecule has 0 radical (unpaired) electrons. The lowest BCUT2D eigenvalue weighted by Gasteiger charge is -2.08. The van der Waals surface area contributed by atoms with Crippen LogP contribution in [0.4, 0.5) is 4.39 Å². The van der Waals surface area contributed by atoms with Gasteiger partial charge in [0.05, 0.1) is 17.8 Å². The molecule has 0 bridgehead atoms. The van der Waals surface area contributed by atoms with Crippen LogP contribution in [0.2, 0.25) is 0 Å². The standard InChI is InChI=1S/C15H19FN2O/c1-4-7-17-11(3)15-18-9-14(19-15)12-6-5-10(2)8-13(12)16/h5-6,8-9,11,17H,4,7H2,1-3H3. The molecule has 1 aromatic heterocycles. The summed E-state index contributed by atoms with van der Waals surface area (Å²) in [6.45, 7) is 6.84. The molecule has 0 aliphatic carbocycles. The third kappa shape index (κ3) is 3.20. The molecule has 0 spiro atoms. The Hall–Kier alpha value is -1.68. The van der Waals surface area contributed by atoms with Gasteiger partial charge < -0.3 is 9.73 Å². The van der Waals surface area contributed by atoms with E-state index in [2.05, 4.69) is 17.2 Å². The van der Waals surface area contributed by atoms with E-state index >= 15 is 0 Å². The second kappa shape index (κ2) is 5.97. The summed E-state index contributed by atoms with van der Waals surface area (Å²) >= 11 is 0. The maximum absolute atomic E-state index is 13.8. The van der Waals surface area contributed by atoms with Gasteiger partial charge in [-0.2, -0.15) is 0 Å². The normalized spacial score (nSPS) is 12.6. The molecule has 102 valence electrons. The van der Waals surface area contributed by atoms with Gasteiger partial charge in [0.25, 0.3) is 0 Å². The molecule has 1 heterocycles. The van der Waals surface area contributed by atoms with Gasteiger partial charge in [0.1, 0.15) is 5.82 Å². The van der Waals surface area contributed by atoms with E-state index in [0.717, 1.165) is 18.5 Å². The third-order valence-corrected chi connectivity index (χ3v) is 2.98. The molecular formula is C15H19FN2O. The zero-order valence-corrected chi connectivity index (χ0v) is 11.5. The van der Waals surface area contributed by atoms with Crippen molar-refractivity contribution in [1.82, 2.24) is 10.3 Å². The molecule has 0 saturated heterocycles. The number of hydrogen-bond donors (Lipinski definition) is 1. The van der Waals surface area contributed by atoms with Crippen molar-refractivity contribution in [2.24, 2.45) is 0 Å². The number of nitrogens with one attached hydrogen (secondary N) is 1. The zero-order valence-electron chi connectivity index (χ0n) is 11.5. The van der Waals surface area contributed by atoms with E-state index in [1.807, 2.05) is 19.9 Å². The van der Waals surface area contributed by atoms with Gasteiger partial charge in [-0.25, -0.2) is 9.37 Å². The SMILES string of the molecule is CCCNC(C)c1ncc(-c2ccc(C)cc2F)o1. The monoisotopic (exact) mass is 262 g/mol. The summed E-state index contributed by atoms with van der Waals surface area (Å²) in [5, 5.41) is 3.29. The van der Waals surface area contributed by atoms with Crippen LogP contribution in [-0.2, 0) is 0 Å². The molecule has 3 nitrogen and oxygen atoms in total. The van der Waals surface area contributed by atoms with Gasteiger partial charge in [0.15, 0.2) is 5.76 Å². The fraction of sp³-hybridized carbons (Fsp3) is 0.400. The Balaban J connectivity index is 2.20. The molecule has 2 aromatic rings. The fourth-order valence-corrected chi connectivity index (χ4v) is 1.88. The van der Waals surface area contributed by atoms with Crippen molar-refractivity contribution in [3.63, 3.8) is 0 Å². The summed E-state index contributed by atoms with van der Waals surface area (Å²) in [6.07, 6.45) is 2.62. The summed E-state index contributed by atoms with van der Waals surface area (Å²) in [7, 11) is 0. The largest absolute Gasteiger partial charge is 0.439 e. The van der Waals surface area contributed by atoms with Gasteiger partial charge in [0, 0.05) is 0 Å². The van der Waals surface area contributed by atoms with Gasteiger partial charge in [-0.1, -0.05) is 13.0 Å². The van der Waals surface area contributed by atoms with Gasteiger partial charge in [0.2, 0.25) is 5.89 Å². The first-order chi connectivity index (χ1) is 9.11. The van der Waals surface area contributed by atoms with Crippen molar-refractivity contribution in [3.8, 4) is 11.3 Å². The van der Waals surface area contributed by atoms with Crippen LogP contribution in [0.3, 0.4) is 0 Å². The van der Waals surface area contributed by atoms with E-state index in [9.17, 15) is 4.39 Å². The van der Waals surface area contributed by atoms with Crippen LogP contribution < -0.4 is 5.32 Å². The summed E-state index contributed by atoms with van der Waals surface area (Å²) in [5.41, 5.74) is 1.34. The Morgan fingerprint density at radius 3 is 2.89 bits per heavy atom. The van der Waals surface area contributed by atoms with Crippen LogP contribution in [0, 0.1) is 12.7 Å². The molecule has 0 aliphatic rings. The van der Waals surface area contributed by atoms with E-state index in [1.54, 1.807) is 12.3 Å².